The Morgan fingerprint density at radius 2 is 2.40 bits per heavy atom. The summed E-state index contributed by atoms with van der Waals surface area (Å²) >= 11 is 0. The fourth-order valence-corrected chi connectivity index (χ4v) is 1.90. The zero-order valence-electron chi connectivity index (χ0n) is 8.84. The van der Waals surface area contributed by atoms with E-state index in [4.69, 9.17) is 9.90 Å². The summed E-state index contributed by atoms with van der Waals surface area (Å²) in [7, 11) is 2.19. The van der Waals surface area contributed by atoms with Gasteiger partial charge >= 0.3 is 0 Å². The highest BCUT2D eigenvalue weighted by Crippen LogP contribution is 2.29. The molecule has 0 spiro atoms. The van der Waals surface area contributed by atoms with E-state index in [1.807, 2.05) is 18.5 Å². The lowest BCUT2D eigenvalue weighted by molar-refractivity contribution is -0.122. The first-order valence-electron chi connectivity index (χ1n) is 4.97. The van der Waals surface area contributed by atoms with E-state index in [-0.39, 0.29) is 6.47 Å². The molecule has 1 aliphatic rings. The average molecular weight is 208 g/mol. The highest BCUT2D eigenvalue weighted by atomic mass is 16.3. The third-order valence-corrected chi connectivity index (χ3v) is 2.59. The van der Waals surface area contributed by atoms with Crippen LogP contribution in [0.5, 0.6) is 0 Å². The molecule has 0 amide bonds. The maximum Gasteiger partial charge on any atom is 0.290 e. The van der Waals surface area contributed by atoms with Crippen LogP contribution in [0.4, 0.5) is 0 Å². The highest BCUT2D eigenvalue weighted by molar-refractivity contribution is 5.32. The van der Waals surface area contributed by atoms with Gasteiger partial charge in [0, 0.05) is 18.4 Å². The molecule has 0 radical (unpaired) electrons. The second-order valence-electron chi connectivity index (χ2n) is 3.53. The lowest BCUT2D eigenvalue weighted by Gasteiger charge is -2.18. The Labute approximate surface area is 89.6 Å². The number of hydrogen-bond acceptors (Lipinski definition) is 3. The lowest BCUT2D eigenvalue weighted by Crippen LogP contribution is -2.17. The molecule has 1 aromatic rings. The molecule has 0 aromatic carbocycles. The standard InChI is InChI=1S/C10H14N2.CH2O2/c1-12-7-3-5-10(12)9-4-2-6-11-8-9;2-1-3/h2,4,6,8,10H,3,5,7H2,1H3;1H,(H,2,3)/t10-;/m0./s1. The van der Waals surface area contributed by atoms with Crippen molar-refractivity contribution in [1.82, 2.24) is 9.88 Å². The molecule has 1 saturated heterocycles. The van der Waals surface area contributed by atoms with Crippen molar-refractivity contribution in [3.8, 4) is 0 Å². The van der Waals surface area contributed by atoms with Gasteiger partial charge in [0.1, 0.15) is 0 Å². The van der Waals surface area contributed by atoms with Crippen LogP contribution in [0.1, 0.15) is 24.4 Å². The molecule has 2 rings (SSSR count). The van der Waals surface area contributed by atoms with Crippen LogP contribution in [0.25, 0.3) is 0 Å². The van der Waals surface area contributed by atoms with Crippen LogP contribution in [0.2, 0.25) is 0 Å². The SMILES string of the molecule is CN1CCC[C@H]1c1cccnc1.O=CO. The predicted octanol–water partition coefficient (Wildman–Crippen LogP) is 1.55. The Balaban J connectivity index is 0.000000337. The summed E-state index contributed by atoms with van der Waals surface area (Å²) in [5, 5.41) is 6.89. The zero-order valence-corrected chi connectivity index (χ0v) is 8.84. The molecule has 1 aromatic heterocycles. The average Bonchev–Trinajstić information content (AvgIpc) is 2.67. The molecule has 82 valence electrons. The molecule has 0 unspecified atom stereocenters. The number of likely N-dealkylation sites (tertiary alicyclic amines) is 1. The zero-order chi connectivity index (χ0) is 11.1. The first-order chi connectivity index (χ1) is 7.29. The Morgan fingerprint density at radius 3 is 2.87 bits per heavy atom. The van der Waals surface area contributed by atoms with Gasteiger partial charge in [0.05, 0.1) is 0 Å². The largest absolute Gasteiger partial charge is 0.483 e. The summed E-state index contributed by atoms with van der Waals surface area (Å²) in [6.07, 6.45) is 6.41. The van der Waals surface area contributed by atoms with Gasteiger partial charge in [-0.25, -0.2) is 0 Å². The van der Waals surface area contributed by atoms with Crippen molar-refractivity contribution in [2.75, 3.05) is 13.6 Å². The van der Waals surface area contributed by atoms with E-state index < -0.39 is 0 Å². The highest BCUT2D eigenvalue weighted by Gasteiger charge is 2.21. The van der Waals surface area contributed by atoms with E-state index in [0.717, 1.165) is 0 Å². The normalized spacial score (nSPS) is 20.5. The Hall–Kier alpha value is -1.42. The van der Waals surface area contributed by atoms with Gasteiger partial charge in [0.25, 0.3) is 6.47 Å². The second-order valence-corrected chi connectivity index (χ2v) is 3.53. The Kier molecular flexibility index (Phi) is 4.77. The van der Waals surface area contributed by atoms with E-state index in [1.54, 1.807) is 0 Å². The van der Waals surface area contributed by atoms with Crippen LogP contribution in [-0.4, -0.2) is 35.1 Å². The van der Waals surface area contributed by atoms with Crippen molar-refractivity contribution in [3.05, 3.63) is 30.1 Å². The van der Waals surface area contributed by atoms with Gasteiger partial charge < -0.3 is 5.11 Å². The third kappa shape index (κ3) is 3.32. The molecule has 4 nitrogen and oxygen atoms in total. The van der Waals surface area contributed by atoms with Gasteiger partial charge in [-0.05, 0) is 38.1 Å². The fourth-order valence-electron chi connectivity index (χ4n) is 1.90. The molecule has 0 bridgehead atoms. The number of aromatic nitrogens is 1. The molecule has 4 heteroatoms. The summed E-state index contributed by atoms with van der Waals surface area (Å²) in [6.45, 7) is 0.972. The van der Waals surface area contributed by atoms with Gasteiger partial charge in [-0.3, -0.25) is 14.7 Å². The second kappa shape index (κ2) is 6.14. The molecular formula is C11H16N2O2. The molecule has 1 aliphatic heterocycles. The van der Waals surface area contributed by atoms with Gasteiger partial charge in [-0.2, -0.15) is 0 Å². The van der Waals surface area contributed by atoms with Gasteiger partial charge in [0.15, 0.2) is 0 Å². The number of rotatable bonds is 1. The van der Waals surface area contributed by atoms with Crippen LogP contribution >= 0.6 is 0 Å². The number of carboxylic acid groups (broad SMARTS) is 1. The van der Waals surface area contributed by atoms with Crippen molar-refractivity contribution >= 4 is 6.47 Å². The maximum atomic E-state index is 8.36. The van der Waals surface area contributed by atoms with Crippen LogP contribution in [0.15, 0.2) is 24.5 Å². The summed E-state index contributed by atoms with van der Waals surface area (Å²) < 4.78 is 0. The number of carbonyl (C=O) groups is 1. The Bertz CT molecular complexity index is 290. The summed E-state index contributed by atoms with van der Waals surface area (Å²) in [5.74, 6) is 0. The van der Waals surface area contributed by atoms with Gasteiger partial charge in [0.2, 0.25) is 0 Å². The van der Waals surface area contributed by atoms with Gasteiger partial charge in [-0.15, -0.1) is 0 Å². The third-order valence-electron chi connectivity index (χ3n) is 2.59. The number of pyridine rings is 1. The monoisotopic (exact) mass is 208 g/mol. The molecule has 0 saturated carbocycles. The van der Waals surface area contributed by atoms with Crippen molar-refractivity contribution < 1.29 is 9.90 Å². The van der Waals surface area contributed by atoms with Crippen molar-refractivity contribution in [2.24, 2.45) is 0 Å². The first-order valence-corrected chi connectivity index (χ1v) is 4.97. The fraction of sp³-hybridized carbons (Fsp3) is 0.455. The maximum absolute atomic E-state index is 8.36. The number of nitrogens with zero attached hydrogens (tertiary/aromatic N) is 2. The van der Waals surface area contributed by atoms with Crippen LogP contribution in [0.3, 0.4) is 0 Å². The van der Waals surface area contributed by atoms with Crippen LogP contribution in [-0.2, 0) is 4.79 Å². The van der Waals surface area contributed by atoms with E-state index in [2.05, 4.69) is 23.0 Å². The topological polar surface area (TPSA) is 53.4 Å². The first kappa shape index (κ1) is 11.7. The lowest BCUT2D eigenvalue weighted by atomic mass is 10.1. The molecule has 1 N–H and O–H groups in total. The van der Waals surface area contributed by atoms with Crippen molar-refractivity contribution in [1.29, 1.82) is 0 Å². The molecule has 2 heterocycles. The minimum Gasteiger partial charge on any atom is -0.483 e. The minimum absolute atomic E-state index is 0.250. The molecule has 1 fully saturated rings. The Morgan fingerprint density at radius 1 is 1.67 bits per heavy atom. The molecule has 0 aliphatic carbocycles. The predicted molar refractivity (Wildman–Crippen MR) is 57.5 cm³/mol. The molecule has 1 atom stereocenters. The minimum atomic E-state index is -0.250. The van der Waals surface area contributed by atoms with Crippen LogP contribution in [0, 0.1) is 0 Å². The van der Waals surface area contributed by atoms with Crippen molar-refractivity contribution in [3.63, 3.8) is 0 Å². The van der Waals surface area contributed by atoms with E-state index in [0.29, 0.717) is 6.04 Å². The van der Waals surface area contributed by atoms with Crippen LogP contribution < -0.4 is 0 Å². The van der Waals surface area contributed by atoms with E-state index in [9.17, 15) is 0 Å². The summed E-state index contributed by atoms with van der Waals surface area (Å²) in [4.78, 5) is 14.9. The number of hydrogen-bond donors (Lipinski definition) is 1. The molecular weight excluding hydrogens is 192 g/mol. The summed E-state index contributed by atoms with van der Waals surface area (Å²) in [5.41, 5.74) is 1.36. The van der Waals surface area contributed by atoms with Crippen molar-refractivity contribution in [2.45, 2.75) is 18.9 Å². The van der Waals surface area contributed by atoms with Gasteiger partial charge in [-0.1, -0.05) is 6.07 Å². The van der Waals surface area contributed by atoms with E-state index in [1.165, 1.54) is 24.9 Å². The smallest absolute Gasteiger partial charge is 0.290 e. The van der Waals surface area contributed by atoms with E-state index >= 15 is 0 Å². The quantitative estimate of drug-likeness (QED) is 0.711. The summed E-state index contributed by atoms with van der Waals surface area (Å²) in [6, 6.07) is 4.79. The molecule has 15 heavy (non-hydrogen) atoms.